The highest BCUT2D eigenvalue weighted by molar-refractivity contribution is 8.01. The first-order valence-electron chi connectivity index (χ1n) is 4.90. The van der Waals surface area contributed by atoms with Gasteiger partial charge in [-0.25, -0.2) is 4.79 Å². The van der Waals surface area contributed by atoms with E-state index in [0.717, 1.165) is 23.1 Å². The molecule has 0 bridgehead atoms. The molecular weight excluding hydrogens is 248 g/mol. The minimum absolute atomic E-state index is 0.316. The number of aromatic nitrogens is 2. The Labute approximate surface area is 103 Å². The lowest BCUT2D eigenvalue weighted by Gasteiger charge is -1.96. The number of esters is 1. The molecule has 0 radical (unpaired) electrons. The summed E-state index contributed by atoms with van der Waals surface area (Å²) in [6.45, 7) is 2.85. The molecule has 0 atom stereocenters. The van der Waals surface area contributed by atoms with Crippen molar-refractivity contribution in [2.45, 2.75) is 17.7 Å². The smallest absolute Gasteiger partial charge is 0.369 e. The van der Waals surface area contributed by atoms with Crippen molar-refractivity contribution in [2.24, 2.45) is 0 Å². The van der Waals surface area contributed by atoms with Gasteiger partial charge in [0.1, 0.15) is 0 Å². The molecule has 0 aliphatic carbocycles. The fourth-order valence-electron chi connectivity index (χ4n) is 0.906. The lowest BCUT2D eigenvalue weighted by molar-refractivity contribution is 0.0525. The zero-order valence-corrected chi connectivity index (χ0v) is 10.9. The fraction of sp³-hybridized carbons (Fsp3) is 0.667. The summed E-state index contributed by atoms with van der Waals surface area (Å²) in [5, 5.41) is 8.00. The van der Waals surface area contributed by atoms with Gasteiger partial charge in [0, 0.05) is 19.5 Å². The molecule has 16 heavy (non-hydrogen) atoms. The number of carbonyl (C=O) groups excluding carboxylic acids is 1. The quantitative estimate of drug-likeness (QED) is 0.424. The van der Waals surface area contributed by atoms with Gasteiger partial charge in [-0.05, 0) is 13.3 Å². The van der Waals surface area contributed by atoms with E-state index < -0.39 is 5.97 Å². The van der Waals surface area contributed by atoms with Gasteiger partial charge in [-0.1, -0.05) is 23.1 Å². The minimum Gasteiger partial charge on any atom is -0.461 e. The summed E-state index contributed by atoms with van der Waals surface area (Å²) in [5.74, 6) is 0.509. The van der Waals surface area contributed by atoms with Crippen LogP contribution in [0.5, 0.6) is 0 Å². The van der Waals surface area contributed by atoms with Crippen LogP contribution < -0.4 is 0 Å². The van der Waals surface area contributed by atoms with E-state index in [-0.39, 0.29) is 0 Å². The molecule has 0 fully saturated rings. The van der Waals surface area contributed by atoms with Crippen LogP contribution in [0, 0.1) is 0 Å². The molecule has 5 nitrogen and oxygen atoms in total. The molecule has 0 aromatic carbocycles. The van der Waals surface area contributed by atoms with Gasteiger partial charge in [-0.2, -0.15) is 0 Å². The van der Waals surface area contributed by atoms with E-state index >= 15 is 0 Å². The molecule has 0 aliphatic heterocycles. The first-order chi connectivity index (χ1) is 7.77. The maximum atomic E-state index is 11.3. The second-order valence-corrected chi connectivity index (χ2v) is 5.11. The third-order valence-electron chi connectivity index (χ3n) is 1.57. The van der Waals surface area contributed by atoms with Crippen LogP contribution in [0.2, 0.25) is 0 Å². The van der Waals surface area contributed by atoms with Gasteiger partial charge in [-0.15, -0.1) is 10.2 Å². The molecule has 1 aromatic rings. The average molecular weight is 262 g/mol. The van der Waals surface area contributed by atoms with E-state index in [1.807, 2.05) is 0 Å². The molecule has 1 aromatic heterocycles. The number of hydrogen-bond donors (Lipinski definition) is 0. The summed E-state index contributed by atoms with van der Waals surface area (Å²) in [6.07, 6.45) is 0.954. The summed E-state index contributed by atoms with van der Waals surface area (Å²) in [5.41, 5.74) is 0. The molecule has 0 unspecified atom stereocenters. The van der Waals surface area contributed by atoms with E-state index in [1.54, 1.807) is 25.8 Å². The zero-order chi connectivity index (χ0) is 11.8. The van der Waals surface area contributed by atoms with Gasteiger partial charge >= 0.3 is 5.97 Å². The van der Waals surface area contributed by atoms with E-state index in [9.17, 15) is 4.79 Å². The summed E-state index contributed by atoms with van der Waals surface area (Å²) in [6, 6.07) is 0. The van der Waals surface area contributed by atoms with Crippen molar-refractivity contribution in [3.63, 3.8) is 0 Å². The van der Waals surface area contributed by atoms with Crippen molar-refractivity contribution < 1.29 is 14.3 Å². The summed E-state index contributed by atoms with van der Waals surface area (Å²) in [7, 11) is 1.68. The summed E-state index contributed by atoms with van der Waals surface area (Å²) in [4.78, 5) is 11.3. The third kappa shape index (κ3) is 4.46. The Morgan fingerprint density at radius 2 is 2.31 bits per heavy atom. The van der Waals surface area contributed by atoms with Gasteiger partial charge in [-0.3, -0.25) is 0 Å². The Bertz CT molecular complexity index is 330. The molecule has 0 spiro atoms. The Morgan fingerprint density at radius 1 is 1.50 bits per heavy atom. The number of ether oxygens (including phenoxy) is 2. The molecule has 0 N–H and O–H groups in total. The third-order valence-corrected chi connectivity index (χ3v) is 3.70. The number of nitrogens with zero attached hydrogens (tertiary/aromatic N) is 2. The standard InChI is InChI=1S/C9H14N2O3S2/c1-3-14-8(12)7-10-11-9(16-7)15-6-4-5-13-2/h3-6H2,1-2H3. The minimum atomic E-state index is -0.399. The van der Waals surface area contributed by atoms with Gasteiger partial charge in [0.15, 0.2) is 4.34 Å². The first-order valence-corrected chi connectivity index (χ1v) is 6.70. The Kier molecular flexibility index (Phi) is 6.36. The van der Waals surface area contributed by atoms with Crippen LogP contribution in [-0.2, 0) is 9.47 Å². The first kappa shape index (κ1) is 13.4. The maximum absolute atomic E-state index is 11.3. The zero-order valence-electron chi connectivity index (χ0n) is 9.26. The Morgan fingerprint density at radius 3 is 3.00 bits per heavy atom. The summed E-state index contributed by atoms with van der Waals surface area (Å²) < 4.78 is 10.5. The van der Waals surface area contributed by atoms with Crippen LogP contribution in [0.1, 0.15) is 23.1 Å². The van der Waals surface area contributed by atoms with Crippen molar-refractivity contribution in [3.05, 3.63) is 5.01 Å². The van der Waals surface area contributed by atoms with E-state index in [2.05, 4.69) is 10.2 Å². The van der Waals surface area contributed by atoms with Gasteiger partial charge < -0.3 is 9.47 Å². The molecule has 0 aliphatic rings. The second-order valence-electron chi connectivity index (χ2n) is 2.79. The highest BCUT2D eigenvalue weighted by Crippen LogP contribution is 2.23. The molecule has 7 heteroatoms. The van der Waals surface area contributed by atoms with Crippen molar-refractivity contribution in [2.75, 3.05) is 26.1 Å². The SMILES string of the molecule is CCOC(=O)c1nnc(SCCCOC)s1. The fourth-order valence-corrected chi connectivity index (χ4v) is 2.63. The number of methoxy groups -OCH3 is 1. The number of rotatable bonds is 7. The van der Waals surface area contributed by atoms with Crippen molar-refractivity contribution in [1.82, 2.24) is 10.2 Å². The topological polar surface area (TPSA) is 61.3 Å². The highest BCUT2D eigenvalue weighted by atomic mass is 32.2. The van der Waals surface area contributed by atoms with Crippen LogP contribution in [0.3, 0.4) is 0 Å². The van der Waals surface area contributed by atoms with E-state index in [0.29, 0.717) is 11.6 Å². The molecule has 0 saturated carbocycles. The van der Waals surface area contributed by atoms with Crippen LogP contribution in [0.25, 0.3) is 0 Å². The lowest BCUT2D eigenvalue weighted by Crippen LogP contribution is -2.03. The average Bonchev–Trinajstić information content (AvgIpc) is 2.73. The number of hydrogen-bond acceptors (Lipinski definition) is 7. The molecular formula is C9H14N2O3S2. The second kappa shape index (κ2) is 7.59. The van der Waals surface area contributed by atoms with Gasteiger partial charge in [0.05, 0.1) is 6.61 Å². The Balaban J connectivity index is 2.36. The van der Waals surface area contributed by atoms with Crippen LogP contribution in [0.15, 0.2) is 4.34 Å². The molecule has 1 heterocycles. The predicted octanol–water partition coefficient (Wildman–Crippen LogP) is 1.84. The normalized spacial score (nSPS) is 10.4. The number of carbonyl (C=O) groups is 1. The monoisotopic (exact) mass is 262 g/mol. The number of thioether (sulfide) groups is 1. The van der Waals surface area contributed by atoms with Crippen LogP contribution in [0.4, 0.5) is 0 Å². The van der Waals surface area contributed by atoms with E-state index in [1.165, 1.54) is 11.3 Å². The predicted molar refractivity (Wildman–Crippen MR) is 63.1 cm³/mol. The highest BCUT2D eigenvalue weighted by Gasteiger charge is 2.13. The van der Waals surface area contributed by atoms with Crippen LogP contribution in [-0.4, -0.2) is 42.2 Å². The van der Waals surface area contributed by atoms with Crippen molar-refractivity contribution >= 4 is 29.1 Å². The molecule has 0 amide bonds. The van der Waals surface area contributed by atoms with Gasteiger partial charge in [0.2, 0.25) is 5.01 Å². The van der Waals surface area contributed by atoms with Crippen molar-refractivity contribution in [1.29, 1.82) is 0 Å². The van der Waals surface area contributed by atoms with Crippen molar-refractivity contribution in [3.8, 4) is 0 Å². The largest absolute Gasteiger partial charge is 0.461 e. The van der Waals surface area contributed by atoms with Crippen LogP contribution >= 0.6 is 23.1 Å². The molecule has 90 valence electrons. The summed E-state index contributed by atoms with van der Waals surface area (Å²) >= 11 is 2.84. The van der Waals surface area contributed by atoms with Gasteiger partial charge in [0.25, 0.3) is 0 Å². The molecule has 1 rings (SSSR count). The lowest BCUT2D eigenvalue weighted by atomic mass is 10.5. The van der Waals surface area contributed by atoms with E-state index in [4.69, 9.17) is 9.47 Å². The molecule has 0 saturated heterocycles. The maximum Gasteiger partial charge on any atom is 0.369 e. The Hall–Kier alpha value is -0.660.